The SMILES string of the molecule is O=C(NCCn1cnc(C2CCCC2)cc1=O)c1c[nH]c2ccccc12. The highest BCUT2D eigenvalue weighted by Crippen LogP contribution is 2.32. The average molecular weight is 350 g/mol. The lowest BCUT2D eigenvalue weighted by atomic mass is 10.0. The zero-order valence-corrected chi connectivity index (χ0v) is 14.6. The molecule has 1 amide bonds. The van der Waals surface area contributed by atoms with Crippen LogP contribution in [0.1, 0.15) is 47.7 Å². The predicted octanol–water partition coefficient (Wildman–Crippen LogP) is 2.81. The van der Waals surface area contributed by atoms with Gasteiger partial charge in [-0.2, -0.15) is 0 Å². The summed E-state index contributed by atoms with van der Waals surface area (Å²) in [7, 11) is 0. The molecule has 2 N–H and O–H groups in total. The van der Waals surface area contributed by atoms with Gasteiger partial charge in [-0.3, -0.25) is 14.2 Å². The van der Waals surface area contributed by atoms with Crippen LogP contribution >= 0.6 is 0 Å². The molecule has 0 unspecified atom stereocenters. The molecule has 3 aromatic rings. The Morgan fingerprint density at radius 3 is 2.88 bits per heavy atom. The van der Waals surface area contributed by atoms with E-state index in [0.29, 0.717) is 24.6 Å². The molecule has 2 heterocycles. The number of aromatic nitrogens is 3. The number of carbonyl (C=O) groups excluding carboxylic acids is 1. The topological polar surface area (TPSA) is 79.8 Å². The second kappa shape index (κ2) is 7.15. The van der Waals surface area contributed by atoms with E-state index in [1.54, 1.807) is 23.2 Å². The molecule has 4 rings (SSSR count). The first-order valence-electron chi connectivity index (χ1n) is 9.13. The number of benzene rings is 1. The fourth-order valence-electron chi connectivity index (χ4n) is 3.70. The van der Waals surface area contributed by atoms with Crippen LogP contribution in [0.15, 0.2) is 47.7 Å². The lowest BCUT2D eigenvalue weighted by Gasteiger charge is -2.10. The third-order valence-electron chi connectivity index (χ3n) is 5.15. The Balaban J connectivity index is 1.38. The highest BCUT2D eigenvalue weighted by Gasteiger charge is 2.19. The summed E-state index contributed by atoms with van der Waals surface area (Å²) in [5, 5.41) is 3.77. The van der Waals surface area contributed by atoms with Crippen molar-refractivity contribution in [3.8, 4) is 0 Å². The average Bonchev–Trinajstić information content (AvgIpc) is 3.33. The Bertz CT molecular complexity index is 983. The minimum Gasteiger partial charge on any atom is -0.360 e. The van der Waals surface area contributed by atoms with E-state index >= 15 is 0 Å². The van der Waals surface area contributed by atoms with Gasteiger partial charge >= 0.3 is 0 Å². The molecule has 134 valence electrons. The predicted molar refractivity (Wildman–Crippen MR) is 100 cm³/mol. The summed E-state index contributed by atoms with van der Waals surface area (Å²) in [5.41, 5.74) is 2.40. The van der Waals surface area contributed by atoms with E-state index in [2.05, 4.69) is 15.3 Å². The van der Waals surface area contributed by atoms with E-state index in [1.807, 2.05) is 24.3 Å². The van der Waals surface area contributed by atoms with Crippen molar-refractivity contribution in [2.24, 2.45) is 0 Å². The number of rotatable bonds is 5. The number of nitrogens with zero attached hydrogens (tertiary/aromatic N) is 2. The summed E-state index contributed by atoms with van der Waals surface area (Å²) < 4.78 is 1.55. The smallest absolute Gasteiger partial charge is 0.253 e. The van der Waals surface area contributed by atoms with Gasteiger partial charge in [0.15, 0.2) is 0 Å². The number of hydrogen-bond acceptors (Lipinski definition) is 3. The molecule has 1 fully saturated rings. The molecule has 6 nitrogen and oxygen atoms in total. The molecule has 0 atom stereocenters. The number of carbonyl (C=O) groups is 1. The Morgan fingerprint density at radius 2 is 2.08 bits per heavy atom. The number of hydrogen-bond donors (Lipinski definition) is 2. The summed E-state index contributed by atoms with van der Waals surface area (Å²) in [6.07, 6.45) is 8.00. The van der Waals surface area contributed by atoms with E-state index in [-0.39, 0.29) is 11.5 Å². The van der Waals surface area contributed by atoms with Crippen LogP contribution in [0.5, 0.6) is 0 Å². The summed E-state index contributed by atoms with van der Waals surface area (Å²) in [5.74, 6) is 0.282. The van der Waals surface area contributed by atoms with Crippen molar-refractivity contribution >= 4 is 16.8 Å². The van der Waals surface area contributed by atoms with E-state index < -0.39 is 0 Å². The van der Waals surface area contributed by atoms with Crippen molar-refractivity contribution < 1.29 is 4.79 Å². The Kier molecular flexibility index (Phi) is 4.56. The second-order valence-corrected chi connectivity index (χ2v) is 6.83. The lowest BCUT2D eigenvalue weighted by molar-refractivity contribution is 0.0954. The number of para-hydroxylation sites is 1. The molecule has 0 bridgehead atoms. The highest BCUT2D eigenvalue weighted by molar-refractivity contribution is 6.06. The van der Waals surface area contributed by atoms with E-state index in [1.165, 1.54) is 12.8 Å². The van der Waals surface area contributed by atoms with Gasteiger partial charge < -0.3 is 10.3 Å². The maximum Gasteiger partial charge on any atom is 0.253 e. The summed E-state index contributed by atoms with van der Waals surface area (Å²) in [4.78, 5) is 32.2. The van der Waals surface area contributed by atoms with Crippen molar-refractivity contribution in [3.05, 3.63) is 64.5 Å². The molecule has 1 saturated carbocycles. The van der Waals surface area contributed by atoms with Gasteiger partial charge in [-0.25, -0.2) is 4.98 Å². The van der Waals surface area contributed by atoms with Crippen LogP contribution in [0.2, 0.25) is 0 Å². The quantitative estimate of drug-likeness (QED) is 0.742. The zero-order valence-electron chi connectivity index (χ0n) is 14.6. The van der Waals surface area contributed by atoms with Crippen LogP contribution in [0.4, 0.5) is 0 Å². The number of aromatic amines is 1. The van der Waals surface area contributed by atoms with Crippen molar-refractivity contribution in [1.82, 2.24) is 19.9 Å². The summed E-state index contributed by atoms with van der Waals surface area (Å²) >= 11 is 0. The molecule has 1 aliphatic rings. The van der Waals surface area contributed by atoms with Gasteiger partial charge in [0.05, 0.1) is 17.6 Å². The molecule has 6 heteroatoms. The molecule has 26 heavy (non-hydrogen) atoms. The van der Waals surface area contributed by atoms with E-state index in [9.17, 15) is 9.59 Å². The van der Waals surface area contributed by atoms with Gasteiger partial charge in [-0.05, 0) is 18.9 Å². The number of nitrogens with one attached hydrogen (secondary N) is 2. The highest BCUT2D eigenvalue weighted by atomic mass is 16.1. The van der Waals surface area contributed by atoms with Gasteiger partial charge in [0, 0.05) is 42.2 Å². The second-order valence-electron chi connectivity index (χ2n) is 6.83. The third-order valence-corrected chi connectivity index (χ3v) is 5.15. The molecule has 0 aliphatic heterocycles. The van der Waals surface area contributed by atoms with Crippen molar-refractivity contribution in [2.45, 2.75) is 38.1 Å². The standard InChI is InChI=1S/C20H22N4O2/c25-19-11-18(14-5-1-2-6-14)23-13-24(19)10-9-21-20(26)16-12-22-17-8-4-3-7-15(16)17/h3-4,7-8,11-14,22H,1-2,5-6,9-10H2,(H,21,26). The molecule has 1 aromatic carbocycles. The van der Waals surface area contributed by atoms with Gasteiger partial charge in [-0.1, -0.05) is 31.0 Å². The molecule has 0 spiro atoms. The van der Waals surface area contributed by atoms with Crippen molar-refractivity contribution in [3.63, 3.8) is 0 Å². The van der Waals surface area contributed by atoms with Gasteiger partial charge in [0.1, 0.15) is 0 Å². The fourth-order valence-corrected chi connectivity index (χ4v) is 3.70. The largest absolute Gasteiger partial charge is 0.360 e. The lowest BCUT2D eigenvalue weighted by Crippen LogP contribution is -2.31. The molecule has 0 saturated heterocycles. The Hall–Kier alpha value is -2.89. The van der Waals surface area contributed by atoms with Crippen LogP contribution in [-0.4, -0.2) is 27.0 Å². The molecule has 2 aromatic heterocycles. The summed E-state index contributed by atoms with van der Waals surface area (Å²) in [6, 6.07) is 9.33. The third kappa shape index (κ3) is 3.27. The van der Waals surface area contributed by atoms with Crippen LogP contribution in [-0.2, 0) is 6.54 Å². The molecular formula is C20H22N4O2. The maximum absolute atomic E-state index is 12.4. The fraction of sp³-hybridized carbons (Fsp3) is 0.350. The zero-order chi connectivity index (χ0) is 17.9. The molecular weight excluding hydrogens is 328 g/mol. The minimum atomic E-state index is -0.147. The summed E-state index contributed by atoms with van der Waals surface area (Å²) in [6.45, 7) is 0.785. The van der Waals surface area contributed by atoms with Crippen LogP contribution in [0.25, 0.3) is 10.9 Å². The van der Waals surface area contributed by atoms with Crippen LogP contribution in [0.3, 0.4) is 0 Å². The van der Waals surface area contributed by atoms with Gasteiger partial charge in [-0.15, -0.1) is 0 Å². The number of H-pyrrole nitrogens is 1. The monoisotopic (exact) mass is 350 g/mol. The first-order chi connectivity index (χ1) is 12.7. The molecule has 0 radical (unpaired) electrons. The van der Waals surface area contributed by atoms with Crippen LogP contribution < -0.4 is 10.9 Å². The molecule has 1 aliphatic carbocycles. The Labute approximate surface area is 151 Å². The van der Waals surface area contributed by atoms with Gasteiger partial charge in [0.2, 0.25) is 0 Å². The first-order valence-corrected chi connectivity index (χ1v) is 9.13. The van der Waals surface area contributed by atoms with E-state index in [0.717, 1.165) is 29.4 Å². The minimum absolute atomic E-state index is 0.0526. The van der Waals surface area contributed by atoms with Crippen molar-refractivity contribution in [2.75, 3.05) is 6.54 Å². The normalized spacial score (nSPS) is 14.8. The van der Waals surface area contributed by atoms with E-state index in [4.69, 9.17) is 0 Å². The maximum atomic E-state index is 12.4. The van der Waals surface area contributed by atoms with Crippen molar-refractivity contribution in [1.29, 1.82) is 0 Å². The van der Waals surface area contributed by atoms with Gasteiger partial charge in [0.25, 0.3) is 11.5 Å². The first kappa shape index (κ1) is 16.6. The number of fused-ring (bicyclic) bond motifs is 1. The van der Waals surface area contributed by atoms with Crippen LogP contribution in [0, 0.1) is 0 Å². The number of amides is 1. The Morgan fingerprint density at radius 1 is 1.27 bits per heavy atom.